The molecule has 1 N–H and O–H groups in total. The molecule has 1 aromatic rings. The van der Waals surface area contributed by atoms with Gasteiger partial charge in [-0.3, -0.25) is 10.1 Å². The fourth-order valence-corrected chi connectivity index (χ4v) is 1.91. The lowest BCUT2D eigenvalue weighted by Crippen LogP contribution is -2.27. The minimum atomic E-state index is -0.395. The van der Waals surface area contributed by atoms with Gasteiger partial charge in [-0.1, -0.05) is 0 Å². The number of hydrogen-bond acceptors (Lipinski definition) is 6. The summed E-state index contributed by atoms with van der Waals surface area (Å²) in [4.78, 5) is 16.8. The highest BCUT2D eigenvalue weighted by Gasteiger charge is 2.22. The first-order chi connectivity index (χ1) is 8.72. The van der Waals surface area contributed by atoms with Crippen LogP contribution >= 0.6 is 0 Å². The fraction of sp³-hybridized carbons (Fsp3) is 0.545. The molecule has 1 aliphatic heterocycles. The highest BCUT2D eigenvalue weighted by atomic mass is 16.6. The number of anilines is 2. The van der Waals surface area contributed by atoms with E-state index in [-0.39, 0.29) is 5.69 Å². The number of ether oxygens (including phenoxy) is 1. The molecule has 2 rings (SSSR count). The van der Waals surface area contributed by atoms with Gasteiger partial charge in [-0.25, -0.2) is 4.98 Å². The number of aromatic nitrogens is 1. The summed E-state index contributed by atoms with van der Waals surface area (Å²) in [5.41, 5.74) is 0.0379. The van der Waals surface area contributed by atoms with E-state index >= 15 is 0 Å². The summed E-state index contributed by atoms with van der Waals surface area (Å²) < 4.78 is 5.35. The van der Waals surface area contributed by atoms with Crippen molar-refractivity contribution < 1.29 is 9.66 Å². The zero-order chi connectivity index (χ0) is 13.0. The summed E-state index contributed by atoms with van der Waals surface area (Å²) in [5, 5.41) is 13.9. The normalized spacial score (nSPS) is 16.2. The Kier molecular flexibility index (Phi) is 3.93. The van der Waals surface area contributed by atoms with Gasteiger partial charge in [0.15, 0.2) is 0 Å². The van der Waals surface area contributed by atoms with Crippen molar-refractivity contribution in [1.82, 2.24) is 4.98 Å². The second kappa shape index (κ2) is 5.63. The van der Waals surface area contributed by atoms with E-state index in [4.69, 9.17) is 4.74 Å². The van der Waals surface area contributed by atoms with Crippen LogP contribution in [0.2, 0.25) is 0 Å². The quantitative estimate of drug-likeness (QED) is 0.644. The molecule has 1 aromatic heterocycles. The van der Waals surface area contributed by atoms with Gasteiger partial charge >= 0.3 is 5.69 Å². The van der Waals surface area contributed by atoms with Gasteiger partial charge < -0.3 is 15.0 Å². The molecule has 0 aliphatic carbocycles. The van der Waals surface area contributed by atoms with E-state index in [0.717, 1.165) is 13.0 Å². The largest absolute Gasteiger partial charge is 0.380 e. The van der Waals surface area contributed by atoms with E-state index in [1.165, 1.54) is 6.07 Å². The summed E-state index contributed by atoms with van der Waals surface area (Å²) in [7, 11) is 1.74. The monoisotopic (exact) mass is 252 g/mol. The average molecular weight is 252 g/mol. The van der Waals surface area contributed by atoms with Crippen LogP contribution in [0.4, 0.5) is 17.3 Å². The zero-order valence-corrected chi connectivity index (χ0v) is 10.3. The van der Waals surface area contributed by atoms with E-state index in [0.29, 0.717) is 31.4 Å². The number of nitrogens with one attached hydrogen (secondary N) is 1. The van der Waals surface area contributed by atoms with Crippen LogP contribution in [0.5, 0.6) is 0 Å². The lowest BCUT2D eigenvalue weighted by atomic mass is 10.3. The van der Waals surface area contributed by atoms with Crippen LogP contribution in [0.15, 0.2) is 12.1 Å². The zero-order valence-electron chi connectivity index (χ0n) is 10.3. The molecule has 0 atom stereocenters. The molecule has 0 radical (unpaired) electrons. The number of hydrogen-bond donors (Lipinski definition) is 1. The molecule has 7 nitrogen and oxygen atoms in total. The van der Waals surface area contributed by atoms with E-state index < -0.39 is 4.92 Å². The number of nitrogens with zero attached hydrogens (tertiary/aromatic N) is 3. The third-order valence-corrected chi connectivity index (χ3v) is 2.83. The highest BCUT2D eigenvalue weighted by Crippen LogP contribution is 2.28. The third-order valence-electron chi connectivity index (χ3n) is 2.83. The smallest absolute Gasteiger partial charge is 0.311 e. The van der Waals surface area contributed by atoms with Crippen LogP contribution in [-0.4, -0.2) is 43.3 Å². The predicted octanol–water partition coefficient (Wildman–Crippen LogP) is 1.26. The van der Waals surface area contributed by atoms with Gasteiger partial charge in [0.25, 0.3) is 0 Å². The summed E-state index contributed by atoms with van der Waals surface area (Å²) in [6.07, 6.45) is 0.850. The molecule has 0 amide bonds. The second-order valence-corrected chi connectivity index (χ2v) is 4.00. The molecule has 1 aliphatic rings. The Hall–Kier alpha value is -1.89. The maximum absolute atomic E-state index is 11.0. The Labute approximate surface area is 105 Å². The predicted molar refractivity (Wildman–Crippen MR) is 68.1 cm³/mol. The first kappa shape index (κ1) is 12.6. The topological polar surface area (TPSA) is 80.5 Å². The van der Waals surface area contributed by atoms with Gasteiger partial charge in [0.05, 0.1) is 11.5 Å². The van der Waals surface area contributed by atoms with E-state index in [9.17, 15) is 10.1 Å². The molecule has 1 saturated heterocycles. The van der Waals surface area contributed by atoms with Gasteiger partial charge in [0.1, 0.15) is 5.82 Å². The molecule has 0 bridgehead atoms. The molecule has 1 fully saturated rings. The van der Waals surface area contributed by atoms with Crippen LogP contribution in [0.3, 0.4) is 0 Å². The molecule has 0 saturated carbocycles. The standard InChI is InChI=1S/C11H16N4O3/c1-12-10-4-3-9(15(16)17)11(13-10)14-5-2-7-18-8-6-14/h3-4H,2,5-8H2,1H3,(H,12,13). The molecule has 18 heavy (non-hydrogen) atoms. The lowest BCUT2D eigenvalue weighted by Gasteiger charge is -2.20. The Morgan fingerprint density at radius 1 is 1.44 bits per heavy atom. The van der Waals surface area contributed by atoms with E-state index in [2.05, 4.69) is 10.3 Å². The third kappa shape index (κ3) is 2.67. The molecule has 0 unspecified atom stereocenters. The maximum atomic E-state index is 11.0. The summed E-state index contributed by atoms with van der Waals surface area (Å²) in [6, 6.07) is 3.09. The first-order valence-electron chi connectivity index (χ1n) is 5.88. The Balaban J connectivity index is 2.35. The molecular formula is C11H16N4O3. The van der Waals surface area contributed by atoms with Crippen LogP contribution < -0.4 is 10.2 Å². The molecule has 7 heteroatoms. The SMILES string of the molecule is CNc1ccc([N+](=O)[O-])c(N2CCCOCC2)n1. The molecule has 98 valence electrons. The molecule has 0 aromatic carbocycles. The van der Waals surface area contributed by atoms with Gasteiger partial charge in [-0.05, 0) is 12.5 Å². The first-order valence-corrected chi connectivity index (χ1v) is 5.88. The van der Waals surface area contributed by atoms with Crippen molar-refractivity contribution in [1.29, 1.82) is 0 Å². The Morgan fingerprint density at radius 2 is 2.28 bits per heavy atom. The highest BCUT2D eigenvalue weighted by molar-refractivity contribution is 5.61. The lowest BCUT2D eigenvalue weighted by molar-refractivity contribution is -0.384. The van der Waals surface area contributed by atoms with Crippen LogP contribution in [0, 0.1) is 10.1 Å². The molecule has 2 heterocycles. The van der Waals surface area contributed by atoms with Gasteiger partial charge in [-0.2, -0.15) is 0 Å². The Morgan fingerprint density at radius 3 is 3.00 bits per heavy atom. The van der Waals surface area contributed by atoms with Crippen LogP contribution in [0.25, 0.3) is 0 Å². The van der Waals surface area contributed by atoms with Crippen molar-refractivity contribution in [2.24, 2.45) is 0 Å². The number of rotatable bonds is 3. The number of pyridine rings is 1. The van der Waals surface area contributed by atoms with Crippen LogP contribution in [-0.2, 0) is 4.74 Å². The van der Waals surface area contributed by atoms with E-state index in [1.807, 2.05) is 4.90 Å². The Bertz CT molecular complexity index is 430. The van der Waals surface area contributed by atoms with Crippen LogP contribution in [0.1, 0.15) is 6.42 Å². The summed E-state index contributed by atoms with van der Waals surface area (Å²) in [5.74, 6) is 1.04. The second-order valence-electron chi connectivity index (χ2n) is 4.00. The van der Waals surface area contributed by atoms with Crippen molar-refractivity contribution >= 4 is 17.3 Å². The van der Waals surface area contributed by atoms with Crippen molar-refractivity contribution in [3.63, 3.8) is 0 Å². The fourth-order valence-electron chi connectivity index (χ4n) is 1.91. The number of nitro groups is 1. The molecule has 0 spiro atoms. The molecular weight excluding hydrogens is 236 g/mol. The van der Waals surface area contributed by atoms with Crippen molar-refractivity contribution in [2.75, 3.05) is 43.6 Å². The minimum absolute atomic E-state index is 0.0379. The minimum Gasteiger partial charge on any atom is -0.380 e. The van der Waals surface area contributed by atoms with Crippen molar-refractivity contribution in [3.8, 4) is 0 Å². The van der Waals surface area contributed by atoms with Gasteiger partial charge in [-0.15, -0.1) is 0 Å². The van der Waals surface area contributed by atoms with Crippen molar-refractivity contribution in [3.05, 3.63) is 22.2 Å². The summed E-state index contributed by atoms with van der Waals surface area (Å²) >= 11 is 0. The van der Waals surface area contributed by atoms with Crippen molar-refractivity contribution in [2.45, 2.75) is 6.42 Å². The maximum Gasteiger partial charge on any atom is 0.311 e. The average Bonchev–Trinajstić information content (AvgIpc) is 2.66. The van der Waals surface area contributed by atoms with E-state index in [1.54, 1.807) is 13.1 Å². The van der Waals surface area contributed by atoms with Gasteiger partial charge in [0, 0.05) is 32.8 Å². The van der Waals surface area contributed by atoms with Gasteiger partial charge in [0.2, 0.25) is 5.82 Å². The summed E-state index contributed by atoms with van der Waals surface area (Å²) in [6.45, 7) is 2.61.